The number of hydrogen-bond acceptors (Lipinski definition) is 3. The molecule has 110 valence electrons. The molecular formula is C14H20N2O3S. The zero-order valence-electron chi connectivity index (χ0n) is 12.0. The number of carboxylic acids is 1. The summed E-state index contributed by atoms with van der Waals surface area (Å²) in [4.78, 5) is 27.0. The number of urea groups is 1. The van der Waals surface area contributed by atoms with Gasteiger partial charge in [-0.05, 0) is 49.1 Å². The van der Waals surface area contributed by atoms with Gasteiger partial charge < -0.3 is 14.9 Å². The highest BCUT2D eigenvalue weighted by atomic mass is 32.1. The van der Waals surface area contributed by atoms with Crippen molar-refractivity contribution < 1.29 is 14.7 Å². The summed E-state index contributed by atoms with van der Waals surface area (Å²) in [6.07, 6.45) is 1.99. The zero-order valence-corrected chi connectivity index (χ0v) is 12.8. The molecule has 1 aliphatic carbocycles. The van der Waals surface area contributed by atoms with Gasteiger partial charge in [-0.2, -0.15) is 11.3 Å². The van der Waals surface area contributed by atoms with Crippen molar-refractivity contribution in [2.24, 2.45) is 0 Å². The molecule has 2 amide bonds. The van der Waals surface area contributed by atoms with E-state index in [4.69, 9.17) is 0 Å². The van der Waals surface area contributed by atoms with Crippen molar-refractivity contribution >= 4 is 23.3 Å². The van der Waals surface area contributed by atoms with Gasteiger partial charge in [0.1, 0.15) is 5.54 Å². The molecule has 0 bridgehead atoms. The van der Waals surface area contributed by atoms with Crippen LogP contribution in [0.25, 0.3) is 0 Å². The van der Waals surface area contributed by atoms with Crippen molar-refractivity contribution in [3.63, 3.8) is 0 Å². The monoisotopic (exact) mass is 296 g/mol. The normalized spacial score (nSPS) is 14.9. The zero-order chi connectivity index (χ0) is 14.9. The molecule has 1 aromatic heterocycles. The van der Waals surface area contributed by atoms with E-state index in [9.17, 15) is 14.7 Å². The Morgan fingerprint density at radius 3 is 2.55 bits per heavy atom. The maximum absolute atomic E-state index is 12.6. The van der Waals surface area contributed by atoms with E-state index in [1.165, 1.54) is 4.90 Å². The second-order valence-corrected chi connectivity index (χ2v) is 6.48. The van der Waals surface area contributed by atoms with Gasteiger partial charge >= 0.3 is 12.0 Å². The Kier molecular flexibility index (Phi) is 4.04. The van der Waals surface area contributed by atoms with Crippen LogP contribution >= 0.6 is 11.3 Å². The van der Waals surface area contributed by atoms with E-state index in [0.29, 0.717) is 6.54 Å². The van der Waals surface area contributed by atoms with Crippen LogP contribution in [-0.4, -0.2) is 45.5 Å². The average Bonchev–Trinajstić information content (AvgIpc) is 3.11. The van der Waals surface area contributed by atoms with Crippen molar-refractivity contribution in [3.05, 3.63) is 22.4 Å². The minimum atomic E-state index is -1.21. The third kappa shape index (κ3) is 2.95. The van der Waals surface area contributed by atoms with Gasteiger partial charge in [0.15, 0.2) is 0 Å². The largest absolute Gasteiger partial charge is 0.480 e. The van der Waals surface area contributed by atoms with Crippen LogP contribution in [0.1, 0.15) is 32.3 Å². The van der Waals surface area contributed by atoms with Gasteiger partial charge in [-0.3, -0.25) is 0 Å². The highest BCUT2D eigenvalue weighted by molar-refractivity contribution is 7.07. The second kappa shape index (κ2) is 5.44. The van der Waals surface area contributed by atoms with Crippen LogP contribution in [0.5, 0.6) is 0 Å². The molecule has 0 aromatic carbocycles. The summed E-state index contributed by atoms with van der Waals surface area (Å²) in [5, 5.41) is 13.2. The van der Waals surface area contributed by atoms with Crippen LogP contribution < -0.4 is 0 Å². The highest BCUT2D eigenvalue weighted by Gasteiger charge is 2.41. The van der Waals surface area contributed by atoms with Crippen molar-refractivity contribution in [1.82, 2.24) is 9.80 Å². The Morgan fingerprint density at radius 1 is 1.45 bits per heavy atom. The molecule has 2 rings (SSSR count). The van der Waals surface area contributed by atoms with Crippen LogP contribution in [0.4, 0.5) is 4.79 Å². The van der Waals surface area contributed by atoms with Crippen molar-refractivity contribution in [2.45, 2.75) is 44.8 Å². The van der Waals surface area contributed by atoms with E-state index >= 15 is 0 Å². The summed E-state index contributed by atoms with van der Waals surface area (Å²) in [6, 6.07) is 2.02. The lowest BCUT2D eigenvalue weighted by atomic mass is 10.0. The first-order chi connectivity index (χ1) is 9.34. The molecular weight excluding hydrogens is 276 g/mol. The fraction of sp³-hybridized carbons (Fsp3) is 0.571. The minimum Gasteiger partial charge on any atom is -0.480 e. The summed E-state index contributed by atoms with van der Waals surface area (Å²) >= 11 is 1.60. The number of aliphatic carboxylic acids is 1. The number of amides is 2. The summed E-state index contributed by atoms with van der Waals surface area (Å²) in [7, 11) is 1.56. The van der Waals surface area contributed by atoms with Gasteiger partial charge in [0.2, 0.25) is 0 Å². The van der Waals surface area contributed by atoms with E-state index in [1.807, 2.05) is 16.8 Å². The lowest BCUT2D eigenvalue weighted by Gasteiger charge is -2.36. The van der Waals surface area contributed by atoms with Crippen LogP contribution in [-0.2, 0) is 11.3 Å². The third-order valence-corrected chi connectivity index (χ3v) is 4.55. The van der Waals surface area contributed by atoms with Gasteiger partial charge in [-0.1, -0.05) is 0 Å². The molecule has 0 saturated heterocycles. The molecule has 1 fully saturated rings. The van der Waals surface area contributed by atoms with Crippen LogP contribution in [0.2, 0.25) is 0 Å². The predicted molar refractivity (Wildman–Crippen MR) is 77.8 cm³/mol. The lowest BCUT2D eigenvalue weighted by molar-refractivity contribution is -0.147. The molecule has 1 saturated carbocycles. The van der Waals surface area contributed by atoms with Gasteiger partial charge in [-0.15, -0.1) is 0 Å². The number of likely N-dealkylation sites (N-methyl/N-ethyl adjacent to an activating group) is 1. The van der Waals surface area contributed by atoms with Gasteiger partial charge in [-0.25, -0.2) is 9.59 Å². The van der Waals surface area contributed by atoms with Crippen LogP contribution in [0, 0.1) is 0 Å². The van der Waals surface area contributed by atoms with Gasteiger partial charge in [0, 0.05) is 19.6 Å². The van der Waals surface area contributed by atoms with E-state index in [1.54, 1.807) is 37.1 Å². The predicted octanol–water partition coefficient (Wildman–Crippen LogP) is 2.63. The first kappa shape index (κ1) is 14.8. The first-order valence-corrected chi connectivity index (χ1v) is 7.57. The number of carbonyl (C=O) groups excluding carboxylic acids is 1. The molecule has 1 aliphatic rings. The molecule has 0 atom stereocenters. The molecule has 1 aromatic rings. The molecule has 0 radical (unpaired) electrons. The number of rotatable bonds is 5. The van der Waals surface area contributed by atoms with E-state index in [0.717, 1.165) is 18.4 Å². The summed E-state index contributed by atoms with van der Waals surface area (Å²) in [5.41, 5.74) is -0.115. The molecule has 20 heavy (non-hydrogen) atoms. The van der Waals surface area contributed by atoms with Crippen LogP contribution in [0.15, 0.2) is 16.8 Å². The Morgan fingerprint density at radius 2 is 2.10 bits per heavy atom. The molecule has 6 heteroatoms. The molecule has 1 N–H and O–H groups in total. The van der Waals surface area contributed by atoms with Crippen molar-refractivity contribution in [3.8, 4) is 0 Å². The van der Waals surface area contributed by atoms with E-state index in [2.05, 4.69) is 0 Å². The number of nitrogens with zero attached hydrogens (tertiary/aromatic N) is 2. The SMILES string of the molecule is CN(C(=O)N(Cc1ccsc1)C1CC1)C(C)(C)C(=O)O. The smallest absolute Gasteiger partial charge is 0.329 e. The fourth-order valence-corrected chi connectivity index (χ4v) is 2.55. The summed E-state index contributed by atoms with van der Waals surface area (Å²) in [5.74, 6) is -1.00. The highest BCUT2D eigenvalue weighted by Crippen LogP contribution is 2.30. The maximum atomic E-state index is 12.6. The van der Waals surface area contributed by atoms with Crippen molar-refractivity contribution in [1.29, 1.82) is 0 Å². The molecule has 5 nitrogen and oxygen atoms in total. The standard InChI is InChI=1S/C14H20N2O3S/c1-14(2,12(17)18)15(3)13(19)16(11-4-5-11)8-10-6-7-20-9-10/h6-7,9,11H,4-5,8H2,1-3H3,(H,17,18). The summed E-state index contributed by atoms with van der Waals surface area (Å²) < 4.78 is 0. The Hall–Kier alpha value is -1.56. The Balaban J connectivity index is 2.13. The number of carbonyl (C=O) groups is 2. The number of thiophene rings is 1. The third-order valence-electron chi connectivity index (χ3n) is 3.82. The molecule has 0 unspecified atom stereocenters. The Labute approximate surface area is 122 Å². The first-order valence-electron chi connectivity index (χ1n) is 6.63. The lowest BCUT2D eigenvalue weighted by Crippen LogP contribution is -2.55. The fourth-order valence-electron chi connectivity index (χ4n) is 1.89. The number of hydrogen-bond donors (Lipinski definition) is 1. The van der Waals surface area contributed by atoms with Crippen molar-refractivity contribution in [2.75, 3.05) is 7.05 Å². The van der Waals surface area contributed by atoms with E-state index in [-0.39, 0.29) is 12.1 Å². The Bertz CT molecular complexity index is 495. The van der Waals surface area contributed by atoms with Gasteiger partial charge in [0.05, 0.1) is 0 Å². The molecule has 0 spiro atoms. The molecule has 0 aliphatic heterocycles. The topological polar surface area (TPSA) is 60.9 Å². The maximum Gasteiger partial charge on any atom is 0.329 e. The second-order valence-electron chi connectivity index (χ2n) is 5.70. The summed E-state index contributed by atoms with van der Waals surface area (Å²) in [6.45, 7) is 3.64. The minimum absolute atomic E-state index is 0.217. The van der Waals surface area contributed by atoms with E-state index < -0.39 is 11.5 Å². The molecule has 1 heterocycles. The number of carboxylic acid groups (broad SMARTS) is 1. The quantitative estimate of drug-likeness (QED) is 0.908. The van der Waals surface area contributed by atoms with Crippen LogP contribution in [0.3, 0.4) is 0 Å². The average molecular weight is 296 g/mol. The van der Waals surface area contributed by atoms with Gasteiger partial charge in [0.25, 0.3) is 0 Å².